The summed E-state index contributed by atoms with van der Waals surface area (Å²) in [7, 11) is 0. The number of halogens is 1. The van der Waals surface area contributed by atoms with Crippen LogP contribution in [0.25, 0.3) is 0 Å². The van der Waals surface area contributed by atoms with Gasteiger partial charge in [0, 0.05) is 24.6 Å². The molecule has 0 aromatic heterocycles. The summed E-state index contributed by atoms with van der Waals surface area (Å²) >= 11 is 0. The summed E-state index contributed by atoms with van der Waals surface area (Å²) in [5.74, 6) is -0.266. The SMILES string of the molecule is CC(=O)NCC1CN(c2ccc3c(c2)[C@@H](F)CCCC3=O)C(=O)O1. The molecule has 1 heterocycles. The largest absolute Gasteiger partial charge is 0.442 e. The van der Waals surface area contributed by atoms with E-state index in [1.807, 2.05) is 0 Å². The number of ketones is 1. The molecule has 0 radical (unpaired) electrons. The van der Waals surface area contributed by atoms with Crippen molar-refractivity contribution in [2.75, 3.05) is 18.0 Å². The number of amides is 2. The van der Waals surface area contributed by atoms with E-state index in [1.54, 1.807) is 18.2 Å². The highest BCUT2D eigenvalue weighted by molar-refractivity contribution is 5.99. The maximum Gasteiger partial charge on any atom is 0.414 e. The molecular formula is C17H19FN2O4. The fraction of sp³-hybridized carbons (Fsp3) is 0.471. The minimum absolute atomic E-state index is 0.0655. The van der Waals surface area contributed by atoms with Gasteiger partial charge in [0.15, 0.2) is 5.78 Å². The normalized spacial score (nSPS) is 23.5. The molecular weight excluding hydrogens is 315 g/mol. The Hall–Kier alpha value is -2.44. The molecule has 1 fully saturated rings. The topological polar surface area (TPSA) is 75.7 Å². The zero-order chi connectivity index (χ0) is 17.3. The molecule has 2 amide bonds. The van der Waals surface area contributed by atoms with Crippen LogP contribution in [0, 0.1) is 0 Å². The van der Waals surface area contributed by atoms with E-state index in [0.29, 0.717) is 36.1 Å². The van der Waals surface area contributed by atoms with E-state index in [2.05, 4.69) is 5.32 Å². The van der Waals surface area contributed by atoms with E-state index in [-0.39, 0.29) is 24.8 Å². The Morgan fingerprint density at radius 3 is 2.96 bits per heavy atom. The summed E-state index contributed by atoms with van der Waals surface area (Å²) in [5.41, 5.74) is 1.24. The minimum atomic E-state index is -1.21. The minimum Gasteiger partial charge on any atom is -0.442 e. The lowest BCUT2D eigenvalue weighted by Crippen LogP contribution is -2.33. The van der Waals surface area contributed by atoms with Crippen molar-refractivity contribution in [1.29, 1.82) is 0 Å². The maximum absolute atomic E-state index is 14.3. The fourth-order valence-corrected chi connectivity index (χ4v) is 3.06. The number of rotatable bonds is 3. The Bertz CT molecular complexity index is 691. The predicted octanol–water partition coefficient (Wildman–Crippen LogP) is 2.53. The van der Waals surface area contributed by atoms with Crippen LogP contribution >= 0.6 is 0 Å². The molecule has 0 spiro atoms. The average Bonchev–Trinajstić information content (AvgIpc) is 2.86. The second-order valence-corrected chi connectivity index (χ2v) is 6.11. The molecule has 24 heavy (non-hydrogen) atoms. The van der Waals surface area contributed by atoms with Crippen LogP contribution in [0.3, 0.4) is 0 Å². The van der Waals surface area contributed by atoms with Gasteiger partial charge in [0.05, 0.1) is 13.1 Å². The lowest BCUT2D eigenvalue weighted by Gasteiger charge is -2.17. The van der Waals surface area contributed by atoms with Gasteiger partial charge in [-0.15, -0.1) is 0 Å². The number of fused-ring (bicyclic) bond motifs is 1. The van der Waals surface area contributed by atoms with Crippen molar-refractivity contribution in [2.24, 2.45) is 0 Å². The summed E-state index contributed by atoms with van der Waals surface area (Å²) in [6, 6.07) is 4.78. The molecule has 1 aliphatic carbocycles. The summed E-state index contributed by atoms with van der Waals surface area (Å²) in [4.78, 5) is 36.4. The Balaban J connectivity index is 1.81. The Labute approximate surface area is 139 Å². The third kappa shape index (κ3) is 3.25. The highest BCUT2D eigenvalue weighted by Gasteiger charge is 2.33. The van der Waals surface area contributed by atoms with Crippen LogP contribution in [0.4, 0.5) is 14.9 Å². The second kappa shape index (κ2) is 6.59. The van der Waals surface area contributed by atoms with Crippen molar-refractivity contribution in [3.05, 3.63) is 29.3 Å². The molecule has 3 rings (SSSR count). The number of benzene rings is 1. The highest BCUT2D eigenvalue weighted by atomic mass is 19.1. The van der Waals surface area contributed by atoms with Crippen LogP contribution in [0.2, 0.25) is 0 Å². The van der Waals surface area contributed by atoms with Crippen LogP contribution in [0.1, 0.15) is 48.3 Å². The van der Waals surface area contributed by atoms with E-state index >= 15 is 0 Å². The fourth-order valence-electron chi connectivity index (χ4n) is 3.06. The third-order valence-corrected chi connectivity index (χ3v) is 4.30. The number of nitrogens with one attached hydrogen (secondary N) is 1. The number of anilines is 1. The molecule has 1 aromatic rings. The van der Waals surface area contributed by atoms with Crippen molar-refractivity contribution in [3.8, 4) is 0 Å². The molecule has 6 nitrogen and oxygen atoms in total. The van der Waals surface area contributed by atoms with E-state index < -0.39 is 18.4 Å². The first-order valence-corrected chi connectivity index (χ1v) is 7.99. The van der Waals surface area contributed by atoms with Gasteiger partial charge in [0.25, 0.3) is 0 Å². The summed E-state index contributed by atoms with van der Waals surface area (Å²) in [6.45, 7) is 1.88. The van der Waals surface area contributed by atoms with Gasteiger partial charge in [0.2, 0.25) is 5.91 Å². The number of carbonyl (C=O) groups is 3. The molecule has 0 saturated carbocycles. The molecule has 1 aliphatic heterocycles. The molecule has 2 atom stereocenters. The van der Waals surface area contributed by atoms with E-state index in [4.69, 9.17) is 4.74 Å². The Morgan fingerprint density at radius 2 is 2.21 bits per heavy atom. The first-order valence-electron chi connectivity index (χ1n) is 7.99. The summed E-state index contributed by atoms with van der Waals surface area (Å²) < 4.78 is 19.5. The van der Waals surface area contributed by atoms with Crippen LogP contribution in [-0.2, 0) is 9.53 Å². The number of nitrogens with zero attached hydrogens (tertiary/aromatic N) is 1. The van der Waals surface area contributed by atoms with Gasteiger partial charge in [0.1, 0.15) is 12.3 Å². The van der Waals surface area contributed by atoms with Crippen LogP contribution < -0.4 is 10.2 Å². The first kappa shape index (κ1) is 16.4. The zero-order valence-electron chi connectivity index (χ0n) is 13.4. The van der Waals surface area contributed by atoms with Gasteiger partial charge >= 0.3 is 6.09 Å². The number of alkyl halides is 1. The van der Waals surface area contributed by atoms with Crippen molar-refractivity contribution in [2.45, 2.75) is 38.5 Å². The van der Waals surface area contributed by atoms with Crippen LogP contribution in [0.5, 0.6) is 0 Å². The molecule has 1 aromatic carbocycles. The van der Waals surface area contributed by atoms with Gasteiger partial charge in [-0.25, -0.2) is 9.18 Å². The number of hydrogen-bond acceptors (Lipinski definition) is 4. The molecule has 128 valence electrons. The number of cyclic esters (lactones) is 1. The van der Waals surface area contributed by atoms with E-state index in [1.165, 1.54) is 11.8 Å². The lowest BCUT2D eigenvalue weighted by atomic mass is 10.00. The molecule has 1 N–H and O–H groups in total. The van der Waals surface area contributed by atoms with Gasteiger partial charge < -0.3 is 10.1 Å². The van der Waals surface area contributed by atoms with E-state index in [0.717, 1.165) is 0 Å². The Morgan fingerprint density at radius 1 is 1.42 bits per heavy atom. The molecule has 1 unspecified atom stereocenters. The molecule has 2 aliphatic rings. The average molecular weight is 334 g/mol. The monoisotopic (exact) mass is 334 g/mol. The van der Waals surface area contributed by atoms with Crippen molar-refractivity contribution < 1.29 is 23.5 Å². The summed E-state index contributed by atoms with van der Waals surface area (Å²) in [6.07, 6.45) is -1.03. The molecule has 7 heteroatoms. The van der Waals surface area contributed by atoms with Crippen molar-refractivity contribution in [1.82, 2.24) is 5.32 Å². The number of carbonyl (C=O) groups excluding carboxylic acids is 3. The quantitative estimate of drug-likeness (QED) is 0.862. The van der Waals surface area contributed by atoms with Crippen molar-refractivity contribution >= 4 is 23.5 Å². The summed E-state index contributed by atoms with van der Waals surface area (Å²) in [5, 5.41) is 2.60. The number of ether oxygens (including phenoxy) is 1. The van der Waals surface area contributed by atoms with Crippen LogP contribution in [-0.4, -0.2) is 37.0 Å². The van der Waals surface area contributed by atoms with Crippen LogP contribution in [0.15, 0.2) is 18.2 Å². The lowest BCUT2D eigenvalue weighted by molar-refractivity contribution is -0.119. The smallest absolute Gasteiger partial charge is 0.414 e. The van der Waals surface area contributed by atoms with Crippen molar-refractivity contribution in [3.63, 3.8) is 0 Å². The standard InChI is InChI=1S/C17H19FN2O4/c1-10(21)19-8-12-9-20(17(23)24-12)11-5-6-13-14(7-11)15(18)3-2-4-16(13)22/h5-7,12,15H,2-4,8-9H2,1H3,(H,19,21)/t12?,15-/m0/s1. The van der Waals surface area contributed by atoms with Gasteiger partial charge in [-0.2, -0.15) is 0 Å². The molecule has 0 bridgehead atoms. The number of hydrogen-bond donors (Lipinski definition) is 1. The Kier molecular flexibility index (Phi) is 4.51. The molecule has 1 saturated heterocycles. The third-order valence-electron chi connectivity index (χ3n) is 4.30. The second-order valence-electron chi connectivity index (χ2n) is 6.11. The van der Waals surface area contributed by atoms with Gasteiger partial charge in [-0.05, 0) is 36.6 Å². The first-order chi connectivity index (χ1) is 11.5. The van der Waals surface area contributed by atoms with E-state index in [9.17, 15) is 18.8 Å². The zero-order valence-corrected chi connectivity index (χ0v) is 13.4. The van der Waals surface area contributed by atoms with Gasteiger partial charge in [-0.3, -0.25) is 14.5 Å². The number of Topliss-reactive ketones (excluding diaryl/α,β-unsaturated/α-hetero) is 1. The van der Waals surface area contributed by atoms with Gasteiger partial charge in [-0.1, -0.05) is 0 Å². The predicted molar refractivity (Wildman–Crippen MR) is 84.8 cm³/mol. The maximum atomic E-state index is 14.3. The highest BCUT2D eigenvalue weighted by Crippen LogP contribution is 2.35.